The van der Waals surface area contributed by atoms with Crippen molar-refractivity contribution in [3.05, 3.63) is 34.4 Å². The van der Waals surface area contributed by atoms with E-state index in [1.165, 1.54) is 7.11 Å². The van der Waals surface area contributed by atoms with Crippen LogP contribution in [0.15, 0.2) is 12.1 Å². The van der Waals surface area contributed by atoms with Crippen LogP contribution in [0.5, 0.6) is 0 Å². The van der Waals surface area contributed by atoms with Crippen LogP contribution in [0.3, 0.4) is 0 Å². The number of benzene rings is 1. The molecule has 0 aromatic heterocycles. The SMILES string of the molecule is COC(=O)[C@H]1CCCCN1C(=O)c1c(C)cc(C)cc1C. The van der Waals surface area contributed by atoms with E-state index in [2.05, 4.69) is 0 Å². The minimum atomic E-state index is -0.448. The predicted molar refractivity (Wildman–Crippen MR) is 81.3 cm³/mol. The highest BCUT2D eigenvalue weighted by atomic mass is 16.5. The predicted octanol–water partition coefficient (Wildman–Crippen LogP) is 2.78. The number of nitrogens with zero attached hydrogens (tertiary/aromatic N) is 1. The molecule has 4 nitrogen and oxygen atoms in total. The van der Waals surface area contributed by atoms with Crippen LogP contribution in [0, 0.1) is 20.8 Å². The molecular weight excluding hydrogens is 266 g/mol. The molecule has 1 aliphatic rings. The average molecular weight is 289 g/mol. The molecule has 1 amide bonds. The van der Waals surface area contributed by atoms with E-state index in [0.717, 1.165) is 35.1 Å². The molecule has 0 radical (unpaired) electrons. The van der Waals surface area contributed by atoms with Crippen LogP contribution >= 0.6 is 0 Å². The van der Waals surface area contributed by atoms with Crippen molar-refractivity contribution in [3.8, 4) is 0 Å². The normalized spacial score (nSPS) is 18.5. The fourth-order valence-corrected chi connectivity index (χ4v) is 3.22. The molecule has 21 heavy (non-hydrogen) atoms. The summed E-state index contributed by atoms with van der Waals surface area (Å²) < 4.78 is 4.85. The second-order valence-corrected chi connectivity index (χ2v) is 5.81. The lowest BCUT2D eigenvalue weighted by Crippen LogP contribution is -2.48. The van der Waals surface area contributed by atoms with Gasteiger partial charge >= 0.3 is 5.97 Å². The Labute approximate surface area is 126 Å². The molecule has 2 rings (SSSR count). The Kier molecular flexibility index (Phi) is 4.66. The molecular formula is C17H23NO3. The average Bonchev–Trinajstić information content (AvgIpc) is 2.45. The van der Waals surface area contributed by atoms with Crippen molar-refractivity contribution in [2.24, 2.45) is 0 Å². The van der Waals surface area contributed by atoms with E-state index in [4.69, 9.17) is 4.74 Å². The molecule has 0 N–H and O–H groups in total. The number of rotatable bonds is 2. The lowest BCUT2D eigenvalue weighted by Gasteiger charge is -2.34. The number of methoxy groups -OCH3 is 1. The van der Waals surface area contributed by atoms with E-state index in [1.54, 1.807) is 4.90 Å². The zero-order valence-electron chi connectivity index (χ0n) is 13.2. The quantitative estimate of drug-likeness (QED) is 0.787. The Morgan fingerprint density at radius 2 is 1.76 bits per heavy atom. The van der Waals surface area contributed by atoms with Crippen molar-refractivity contribution >= 4 is 11.9 Å². The van der Waals surface area contributed by atoms with Gasteiger partial charge in [-0.05, 0) is 51.2 Å². The van der Waals surface area contributed by atoms with Crippen molar-refractivity contribution in [1.82, 2.24) is 4.90 Å². The summed E-state index contributed by atoms with van der Waals surface area (Å²) >= 11 is 0. The fraction of sp³-hybridized carbons (Fsp3) is 0.529. The lowest BCUT2D eigenvalue weighted by molar-refractivity contribution is -0.147. The van der Waals surface area contributed by atoms with Gasteiger partial charge in [-0.2, -0.15) is 0 Å². The molecule has 1 fully saturated rings. The summed E-state index contributed by atoms with van der Waals surface area (Å²) in [5, 5.41) is 0. The number of ether oxygens (including phenoxy) is 1. The Bertz CT molecular complexity index is 542. The second kappa shape index (κ2) is 6.29. The molecule has 1 saturated heterocycles. The summed E-state index contributed by atoms with van der Waals surface area (Å²) in [7, 11) is 1.38. The highest BCUT2D eigenvalue weighted by Gasteiger charge is 2.34. The Morgan fingerprint density at radius 1 is 1.14 bits per heavy atom. The number of likely N-dealkylation sites (tertiary alicyclic amines) is 1. The van der Waals surface area contributed by atoms with Crippen LogP contribution in [0.2, 0.25) is 0 Å². The van der Waals surface area contributed by atoms with E-state index in [1.807, 2.05) is 32.9 Å². The Morgan fingerprint density at radius 3 is 2.33 bits per heavy atom. The van der Waals surface area contributed by atoms with Crippen molar-refractivity contribution in [1.29, 1.82) is 0 Å². The number of esters is 1. The lowest BCUT2D eigenvalue weighted by atomic mass is 9.95. The summed E-state index contributed by atoms with van der Waals surface area (Å²) in [4.78, 5) is 26.5. The van der Waals surface area contributed by atoms with Gasteiger partial charge in [0, 0.05) is 12.1 Å². The van der Waals surface area contributed by atoms with Crippen molar-refractivity contribution in [3.63, 3.8) is 0 Å². The number of amides is 1. The maximum atomic E-state index is 12.9. The number of hydrogen-bond acceptors (Lipinski definition) is 3. The fourth-order valence-electron chi connectivity index (χ4n) is 3.22. The molecule has 0 unspecified atom stereocenters. The van der Waals surface area contributed by atoms with Crippen molar-refractivity contribution < 1.29 is 14.3 Å². The van der Waals surface area contributed by atoms with Crippen LogP contribution in [-0.2, 0) is 9.53 Å². The molecule has 1 aromatic rings. The Hall–Kier alpha value is -1.84. The van der Waals surface area contributed by atoms with Crippen LogP contribution in [-0.4, -0.2) is 36.5 Å². The number of carbonyl (C=O) groups is 2. The zero-order chi connectivity index (χ0) is 15.6. The number of aryl methyl sites for hydroxylation is 3. The topological polar surface area (TPSA) is 46.6 Å². The molecule has 1 aromatic carbocycles. The summed E-state index contributed by atoms with van der Waals surface area (Å²) in [6.45, 7) is 6.53. The first-order valence-electron chi connectivity index (χ1n) is 7.42. The summed E-state index contributed by atoms with van der Waals surface area (Å²) in [5.41, 5.74) is 3.79. The van der Waals surface area contributed by atoms with Gasteiger partial charge in [-0.25, -0.2) is 4.79 Å². The van der Waals surface area contributed by atoms with Gasteiger partial charge in [0.2, 0.25) is 0 Å². The van der Waals surface area contributed by atoms with Gasteiger partial charge in [-0.1, -0.05) is 17.7 Å². The monoisotopic (exact) mass is 289 g/mol. The van der Waals surface area contributed by atoms with E-state index in [-0.39, 0.29) is 11.9 Å². The molecule has 1 atom stereocenters. The molecule has 0 spiro atoms. The first-order valence-corrected chi connectivity index (χ1v) is 7.42. The molecule has 0 bridgehead atoms. The molecule has 1 heterocycles. The van der Waals surface area contributed by atoms with Gasteiger partial charge < -0.3 is 9.64 Å². The largest absolute Gasteiger partial charge is 0.467 e. The van der Waals surface area contributed by atoms with Crippen LogP contribution in [0.4, 0.5) is 0 Å². The summed E-state index contributed by atoms with van der Waals surface area (Å²) in [6.07, 6.45) is 2.57. The van der Waals surface area contributed by atoms with E-state index < -0.39 is 6.04 Å². The van der Waals surface area contributed by atoms with Gasteiger partial charge in [0.15, 0.2) is 0 Å². The van der Waals surface area contributed by atoms with Gasteiger partial charge in [0.25, 0.3) is 5.91 Å². The van der Waals surface area contributed by atoms with Gasteiger partial charge in [0.1, 0.15) is 6.04 Å². The number of hydrogen-bond donors (Lipinski definition) is 0. The third kappa shape index (κ3) is 3.09. The Balaban J connectivity index is 2.36. The third-order valence-corrected chi connectivity index (χ3v) is 4.13. The first-order chi connectivity index (χ1) is 9.95. The van der Waals surface area contributed by atoms with Crippen LogP contribution < -0.4 is 0 Å². The highest BCUT2D eigenvalue weighted by Crippen LogP contribution is 2.24. The minimum Gasteiger partial charge on any atom is -0.467 e. The van der Waals surface area contributed by atoms with E-state index >= 15 is 0 Å². The number of piperidine rings is 1. The maximum Gasteiger partial charge on any atom is 0.328 e. The second-order valence-electron chi connectivity index (χ2n) is 5.81. The third-order valence-electron chi connectivity index (χ3n) is 4.13. The van der Waals surface area contributed by atoms with E-state index in [9.17, 15) is 9.59 Å². The summed E-state index contributed by atoms with van der Waals surface area (Å²) in [6, 6.07) is 3.57. The van der Waals surface area contributed by atoms with E-state index in [0.29, 0.717) is 13.0 Å². The smallest absolute Gasteiger partial charge is 0.328 e. The first kappa shape index (κ1) is 15.5. The zero-order valence-corrected chi connectivity index (χ0v) is 13.2. The van der Waals surface area contributed by atoms with Gasteiger partial charge in [-0.3, -0.25) is 4.79 Å². The summed E-state index contributed by atoms with van der Waals surface area (Å²) in [5.74, 6) is -0.370. The van der Waals surface area contributed by atoms with Crippen molar-refractivity contribution in [2.45, 2.75) is 46.1 Å². The molecule has 0 saturated carbocycles. The number of carbonyl (C=O) groups excluding carboxylic acids is 2. The standard InChI is InChI=1S/C17H23NO3/c1-11-9-12(2)15(13(3)10-11)16(19)18-8-6-5-7-14(18)17(20)21-4/h9-10,14H,5-8H2,1-4H3/t14-/m1/s1. The van der Waals surface area contributed by atoms with Gasteiger partial charge in [-0.15, -0.1) is 0 Å². The molecule has 1 aliphatic heterocycles. The van der Waals surface area contributed by atoms with Crippen molar-refractivity contribution in [2.75, 3.05) is 13.7 Å². The van der Waals surface area contributed by atoms with Crippen LogP contribution in [0.25, 0.3) is 0 Å². The van der Waals surface area contributed by atoms with Crippen LogP contribution in [0.1, 0.15) is 46.3 Å². The highest BCUT2D eigenvalue weighted by molar-refractivity contribution is 5.99. The maximum absolute atomic E-state index is 12.9. The molecule has 114 valence electrons. The molecule has 4 heteroatoms. The van der Waals surface area contributed by atoms with Gasteiger partial charge in [0.05, 0.1) is 7.11 Å². The molecule has 0 aliphatic carbocycles. The minimum absolute atomic E-state index is 0.0555.